The summed E-state index contributed by atoms with van der Waals surface area (Å²) in [5.74, 6) is 0.768. The van der Waals surface area contributed by atoms with Crippen LogP contribution in [-0.4, -0.2) is 90.0 Å². The molecule has 2 fully saturated rings. The van der Waals surface area contributed by atoms with Crippen molar-refractivity contribution in [1.29, 1.82) is 0 Å². The second-order valence-electron chi connectivity index (χ2n) is 10.8. The molecule has 1 saturated heterocycles. The maximum absolute atomic E-state index is 12.7. The van der Waals surface area contributed by atoms with Gasteiger partial charge in [0.05, 0.1) is 18.4 Å². The van der Waals surface area contributed by atoms with Crippen molar-refractivity contribution in [2.24, 2.45) is 0 Å². The fourth-order valence-electron chi connectivity index (χ4n) is 5.64. The number of nitrogens with one attached hydrogen (secondary N) is 3. The summed E-state index contributed by atoms with van der Waals surface area (Å²) in [4.78, 5) is 45.1. The SMILES string of the molecule is CCC(=O)N[C@H]1C[C@@H](n2cnc3c(NC(CC)CC)nc(N4CC[C@@H](NC(=O)c5ccncc5)C4)nc32)[C@H](O)[C@@H]1O. The van der Waals surface area contributed by atoms with Gasteiger partial charge in [-0.25, -0.2) is 4.98 Å². The molecule has 1 aliphatic heterocycles. The van der Waals surface area contributed by atoms with Gasteiger partial charge in [0, 0.05) is 49.6 Å². The number of aliphatic hydroxyl groups excluding tert-OH is 2. The first-order valence-electron chi connectivity index (χ1n) is 14.4. The number of aliphatic hydroxyl groups is 2. The highest BCUT2D eigenvalue weighted by atomic mass is 16.3. The molecule has 2 aliphatic rings. The van der Waals surface area contributed by atoms with E-state index in [9.17, 15) is 19.8 Å². The van der Waals surface area contributed by atoms with Crippen molar-refractivity contribution in [3.05, 3.63) is 36.4 Å². The molecule has 13 nitrogen and oxygen atoms in total. The lowest BCUT2D eigenvalue weighted by Crippen LogP contribution is -2.42. The second kappa shape index (κ2) is 12.4. The van der Waals surface area contributed by atoms with Crippen molar-refractivity contribution < 1.29 is 19.8 Å². The third-order valence-electron chi connectivity index (χ3n) is 8.16. The van der Waals surface area contributed by atoms with E-state index in [2.05, 4.69) is 39.8 Å². The van der Waals surface area contributed by atoms with Crippen LogP contribution >= 0.6 is 0 Å². The van der Waals surface area contributed by atoms with Crippen molar-refractivity contribution in [2.75, 3.05) is 23.3 Å². The van der Waals surface area contributed by atoms with E-state index in [1.807, 2.05) is 4.90 Å². The summed E-state index contributed by atoms with van der Waals surface area (Å²) in [6, 6.07) is 2.36. The summed E-state index contributed by atoms with van der Waals surface area (Å²) < 4.78 is 1.78. The van der Waals surface area contributed by atoms with Gasteiger partial charge in [-0.15, -0.1) is 0 Å². The van der Waals surface area contributed by atoms with Crippen LogP contribution in [0.4, 0.5) is 11.8 Å². The van der Waals surface area contributed by atoms with Crippen molar-refractivity contribution in [1.82, 2.24) is 35.1 Å². The molecule has 41 heavy (non-hydrogen) atoms. The molecule has 5 atom stereocenters. The largest absolute Gasteiger partial charge is 0.388 e. The number of amides is 2. The van der Waals surface area contributed by atoms with Gasteiger partial charge in [-0.3, -0.25) is 14.6 Å². The van der Waals surface area contributed by atoms with Gasteiger partial charge in [-0.2, -0.15) is 9.97 Å². The number of fused-ring (bicyclic) bond motifs is 1. The first-order chi connectivity index (χ1) is 19.8. The molecule has 0 unspecified atom stereocenters. The fourth-order valence-corrected chi connectivity index (χ4v) is 5.64. The Morgan fingerprint density at radius 2 is 1.83 bits per heavy atom. The number of anilines is 2. The molecule has 3 aromatic heterocycles. The van der Waals surface area contributed by atoms with Gasteiger partial charge in [-0.1, -0.05) is 20.8 Å². The van der Waals surface area contributed by atoms with Crippen LogP contribution in [0.3, 0.4) is 0 Å². The van der Waals surface area contributed by atoms with E-state index >= 15 is 0 Å². The Morgan fingerprint density at radius 1 is 1.07 bits per heavy atom. The average molecular weight is 566 g/mol. The van der Waals surface area contributed by atoms with Gasteiger partial charge >= 0.3 is 0 Å². The maximum atomic E-state index is 12.7. The third-order valence-corrected chi connectivity index (χ3v) is 8.16. The van der Waals surface area contributed by atoms with Crippen LogP contribution in [0.1, 0.15) is 69.3 Å². The van der Waals surface area contributed by atoms with E-state index < -0.39 is 24.3 Å². The molecule has 5 rings (SSSR count). The standard InChI is InChI=1S/C28H39N9O4/c1-4-17(5-2)31-25-22-26(37(15-30-22)20-13-19(23(39)24(20)40)33-21(38)6-3)35-28(34-25)36-12-9-18(14-36)32-27(41)16-7-10-29-11-8-16/h7-8,10-11,15,17-20,23-24,39-40H,4-6,9,12-14H2,1-3H3,(H,32,41)(H,33,38)(H,31,34,35)/t18-,19+,20-,23-,24+/m1/s1. The number of aromatic nitrogens is 5. The van der Waals surface area contributed by atoms with Gasteiger partial charge in [-0.05, 0) is 37.8 Å². The number of carbonyl (C=O) groups excluding carboxylic acids is 2. The Hall–Kier alpha value is -3.84. The Bertz CT molecular complexity index is 1360. The number of rotatable bonds is 10. The first-order valence-corrected chi connectivity index (χ1v) is 14.4. The summed E-state index contributed by atoms with van der Waals surface area (Å²) >= 11 is 0. The highest BCUT2D eigenvalue weighted by molar-refractivity contribution is 5.94. The molecule has 220 valence electrons. The van der Waals surface area contributed by atoms with E-state index in [-0.39, 0.29) is 23.9 Å². The Morgan fingerprint density at radius 3 is 2.54 bits per heavy atom. The predicted molar refractivity (Wildman–Crippen MR) is 154 cm³/mol. The molecule has 0 spiro atoms. The lowest BCUT2D eigenvalue weighted by Gasteiger charge is -2.22. The zero-order chi connectivity index (χ0) is 29.1. The lowest BCUT2D eigenvalue weighted by molar-refractivity contribution is -0.122. The van der Waals surface area contributed by atoms with E-state index in [0.717, 1.165) is 19.3 Å². The van der Waals surface area contributed by atoms with Gasteiger partial charge in [0.2, 0.25) is 11.9 Å². The van der Waals surface area contributed by atoms with Gasteiger partial charge in [0.15, 0.2) is 17.0 Å². The summed E-state index contributed by atoms with van der Waals surface area (Å²) in [5, 5.41) is 31.1. The molecule has 0 bridgehead atoms. The zero-order valence-electron chi connectivity index (χ0n) is 23.7. The maximum Gasteiger partial charge on any atom is 0.251 e. The minimum absolute atomic E-state index is 0.0787. The molecule has 13 heteroatoms. The number of pyridine rings is 1. The molecular weight excluding hydrogens is 526 g/mol. The van der Waals surface area contributed by atoms with Crippen LogP contribution in [0.15, 0.2) is 30.9 Å². The van der Waals surface area contributed by atoms with E-state index in [0.29, 0.717) is 54.4 Å². The highest BCUT2D eigenvalue weighted by Gasteiger charge is 2.44. The van der Waals surface area contributed by atoms with Gasteiger partial charge < -0.3 is 35.6 Å². The minimum atomic E-state index is -1.11. The Labute approximate surface area is 238 Å². The average Bonchev–Trinajstić information content (AvgIpc) is 3.70. The quantitative estimate of drug-likeness (QED) is 0.242. The molecule has 1 saturated carbocycles. The van der Waals surface area contributed by atoms with Crippen LogP contribution < -0.4 is 20.9 Å². The summed E-state index contributed by atoms with van der Waals surface area (Å²) in [6.07, 6.45) is 5.75. The van der Waals surface area contributed by atoms with Crippen LogP contribution in [0.5, 0.6) is 0 Å². The minimum Gasteiger partial charge on any atom is -0.388 e. The molecule has 3 aromatic rings. The topological polar surface area (TPSA) is 170 Å². The first kappa shape index (κ1) is 28.7. The van der Waals surface area contributed by atoms with Crippen LogP contribution in [0.25, 0.3) is 11.2 Å². The third kappa shape index (κ3) is 5.96. The summed E-state index contributed by atoms with van der Waals surface area (Å²) in [5.41, 5.74) is 1.67. The van der Waals surface area contributed by atoms with Crippen LogP contribution in [-0.2, 0) is 4.79 Å². The number of imidazole rings is 1. The van der Waals surface area contributed by atoms with E-state index in [1.165, 1.54) is 0 Å². The van der Waals surface area contributed by atoms with E-state index in [1.54, 1.807) is 42.3 Å². The van der Waals surface area contributed by atoms with Crippen LogP contribution in [0, 0.1) is 0 Å². The second-order valence-corrected chi connectivity index (χ2v) is 10.8. The van der Waals surface area contributed by atoms with Crippen molar-refractivity contribution in [2.45, 2.75) is 89.3 Å². The van der Waals surface area contributed by atoms with Crippen molar-refractivity contribution in [3.8, 4) is 0 Å². The molecule has 4 heterocycles. The number of hydrogen-bond acceptors (Lipinski definition) is 10. The zero-order valence-corrected chi connectivity index (χ0v) is 23.7. The van der Waals surface area contributed by atoms with E-state index in [4.69, 9.17) is 9.97 Å². The normalized spacial score (nSPS) is 24.2. The summed E-state index contributed by atoms with van der Waals surface area (Å²) in [7, 11) is 0. The smallest absolute Gasteiger partial charge is 0.251 e. The molecule has 1 aliphatic carbocycles. The number of carbonyl (C=O) groups is 2. The molecule has 0 aromatic carbocycles. The van der Waals surface area contributed by atoms with Crippen LogP contribution in [0.2, 0.25) is 0 Å². The van der Waals surface area contributed by atoms with Crippen molar-refractivity contribution in [3.63, 3.8) is 0 Å². The highest BCUT2D eigenvalue weighted by Crippen LogP contribution is 2.35. The monoisotopic (exact) mass is 565 g/mol. The molecular formula is C28H39N9O4. The molecule has 0 radical (unpaired) electrons. The predicted octanol–water partition coefficient (Wildman–Crippen LogP) is 1.39. The number of hydrogen-bond donors (Lipinski definition) is 5. The molecule has 2 amide bonds. The van der Waals surface area contributed by atoms with Gasteiger partial charge in [0.1, 0.15) is 12.2 Å². The van der Waals surface area contributed by atoms with Crippen molar-refractivity contribution >= 4 is 34.7 Å². The lowest BCUT2D eigenvalue weighted by atomic mass is 10.2. The molecule has 5 N–H and O–H groups in total. The fraction of sp³-hybridized carbons (Fsp3) is 0.571. The number of nitrogens with zero attached hydrogens (tertiary/aromatic N) is 6. The van der Waals surface area contributed by atoms with Gasteiger partial charge in [0.25, 0.3) is 5.91 Å². The Kier molecular flexibility index (Phi) is 8.64. The Balaban J connectivity index is 1.43. The summed E-state index contributed by atoms with van der Waals surface area (Å²) in [6.45, 7) is 7.15.